The maximum absolute atomic E-state index is 11.9. The molecule has 1 aromatic heterocycles. The number of aromatic amines is 1. The maximum atomic E-state index is 11.9. The largest absolute Gasteiger partial charge is 0.383 e. The number of amides is 2. The van der Waals surface area contributed by atoms with Gasteiger partial charge in [0, 0.05) is 64.0 Å². The summed E-state index contributed by atoms with van der Waals surface area (Å²) in [5.41, 5.74) is 2.02. The molecule has 0 unspecified atom stereocenters. The summed E-state index contributed by atoms with van der Waals surface area (Å²) < 4.78 is 0. The van der Waals surface area contributed by atoms with E-state index in [9.17, 15) is 14.4 Å². The molecule has 0 atom stereocenters. The van der Waals surface area contributed by atoms with Gasteiger partial charge in [0.2, 0.25) is 0 Å². The predicted octanol–water partition coefficient (Wildman–Crippen LogP) is 1.46. The normalized spacial score (nSPS) is 18.6. The molecule has 2 aliphatic rings. The van der Waals surface area contributed by atoms with Gasteiger partial charge in [0.25, 0.3) is 11.8 Å². The molecule has 154 valence electrons. The van der Waals surface area contributed by atoms with Crippen molar-refractivity contribution in [1.29, 1.82) is 0 Å². The van der Waals surface area contributed by atoms with E-state index < -0.39 is 0 Å². The lowest BCUT2D eigenvalue weighted by atomic mass is 10.0. The molecule has 3 rings (SSSR count). The highest BCUT2D eigenvalue weighted by atomic mass is 16.2. The molecule has 0 aliphatic carbocycles. The molecule has 1 N–H and O–H groups in total. The Morgan fingerprint density at radius 3 is 2.14 bits per heavy atom. The third kappa shape index (κ3) is 4.79. The van der Waals surface area contributed by atoms with Crippen molar-refractivity contribution >= 4 is 17.6 Å². The lowest BCUT2D eigenvalue weighted by molar-refractivity contribution is -0.134. The summed E-state index contributed by atoms with van der Waals surface area (Å²) in [5.74, 6) is -0.0921. The van der Waals surface area contributed by atoms with Crippen LogP contribution in [0.4, 0.5) is 0 Å². The first-order valence-corrected chi connectivity index (χ1v) is 9.69. The highest BCUT2D eigenvalue weighted by Gasteiger charge is 2.31. The summed E-state index contributed by atoms with van der Waals surface area (Å²) in [7, 11) is 3.61. The zero-order chi connectivity index (χ0) is 21.0. The molecule has 0 spiro atoms. The van der Waals surface area contributed by atoms with Gasteiger partial charge in [-0.05, 0) is 27.7 Å². The van der Waals surface area contributed by atoms with Crippen LogP contribution in [0.25, 0.3) is 0 Å². The first kappa shape index (κ1) is 21.7. The Bertz CT molecular complexity index is 764. The topological polar surface area (TPSA) is 89.6 Å². The molecule has 1 saturated heterocycles. The highest BCUT2D eigenvalue weighted by Crippen LogP contribution is 2.18. The van der Waals surface area contributed by atoms with Crippen LogP contribution in [0.2, 0.25) is 0 Å². The van der Waals surface area contributed by atoms with Crippen LogP contribution in [-0.2, 0) is 16.0 Å². The van der Waals surface area contributed by atoms with Gasteiger partial charge in [-0.3, -0.25) is 19.5 Å². The van der Waals surface area contributed by atoms with Crippen molar-refractivity contribution in [3.63, 3.8) is 0 Å². The fourth-order valence-corrected chi connectivity index (χ4v) is 3.28. The minimum atomic E-state index is -0.144. The number of rotatable bonds is 3. The number of Topliss-reactive ketones (excluding diaryl/α,β-unsaturated/α-hetero) is 1. The predicted molar refractivity (Wildman–Crippen MR) is 107 cm³/mol. The number of carbonyl (C=O) groups is 3. The Kier molecular flexibility index (Phi) is 6.99. The van der Waals surface area contributed by atoms with Crippen LogP contribution < -0.4 is 0 Å². The van der Waals surface area contributed by atoms with Crippen LogP contribution in [0, 0.1) is 0 Å². The molecular weight excluding hydrogens is 358 g/mol. The summed E-state index contributed by atoms with van der Waals surface area (Å²) in [5, 5.41) is 6.73. The zero-order valence-corrected chi connectivity index (χ0v) is 17.7. The number of ketones is 1. The Morgan fingerprint density at radius 2 is 1.57 bits per heavy atom. The van der Waals surface area contributed by atoms with Crippen molar-refractivity contribution < 1.29 is 14.4 Å². The van der Waals surface area contributed by atoms with Gasteiger partial charge in [-0.15, -0.1) is 0 Å². The number of hydrogen-bond acceptors (Lipinski definition) is 5. The third-order valence-electron chi connectivity index (χ3n) is 4.82. The van der Waals surface area contributed by atoms with Crippen LogP contribution in [0.5, 0.6) is 0 Å². The van der Waals surface area contributed by atoms with Crippen LogP contribution in [0.1, 0.15) is 50.2 Å². The molecule has 2 aliphatic heterocycles. The second-order valence-electron chi connectivity index (χ2n) is 7.88. The Hall–Kier alpha value is -2.64. The smallest absolute Gasteiger partial charge is 0.259 e. The Balaban J connectivity index is 0.000000202. The molecule has 8 heteroatoms. The summed E-state index contributed by atoms with van der Waals surface area (Å²) in [6.07, 6.45) is 4.55. The van der Waals surface area contributed by atoms with Crippen molar-refractivity contribution in [3.8, 4) is 0 Å². The van der Waals surface area contributed by atoms with Gasteiger partial charge in [-0.1, -0.05) is 0 Å². The van der Waals surface area contributed by atoms with E-state index in [2.05, 4.69) is 10.2 Å². The van der Waals surface area contributed by atoms with Crippen LogP contribution in [-0.4, -0.2) is 81.8 Å². The number of H-pyrrole nitrogens is 1. The van der Waals surface area contributed by atoms with Gasteiger partial charge >= 0.3 is 0 Å². The first-order chi connectivity index (χ1) is 13.1. The monoisotopic (exact) mass is 389 g/mol. The van der Waals surface area contributed by atoms with E-state index in [1.54, 1.807) is 22.2 Å². The van der Waals surface area contributed by atoms with Crippen LogP contribution in [0.15, 0.2) is 18.0 Å². The Morgan fingerprint density at radius 1 is 1.00 bits per heavy atom. The van der Waals surface area contributed by atoms with Crippen molar-refractivity contribution in [2.45, 2.75) is 52.6 Å². The summed E-state index contributed by atoms with van der Waals surface area (Å²) in [4.78, 5) is 40.6. The summed E-state index contributed by atoms with van der Waals surface area (Å²) >= 11 is 0. The Labute approximate surface area is 166 Å². The summed E-state index contributed by atoms with van der Waals surface area (Å²) in [6, 6.07) is 0.423. The van der Waals surface area contributed by atoms with Crippen molar-refractivity contribution in [3.05, 3.63) is 29.2 Å². The number of nitrogens with zero attached hydrogens (tertiary/aromatic N) is 4. The van der Waals surface area contributed by atoms with Gasteiger partial charge in [-0.25, -0.2) is 0 Å². The third-order valence-corrected chi connectivity index (χ3v) is 4.82. The SMILES string of the molecule is CC(C)N1CCC(=O)C(=CN(C)C)C1=O.CC(C)N1CCc2[nH]ncc2C1=O. The van der Waals surface area contributed by atoms with Crippen LogP contribution in [0.3, 0.4) is 0 Å². The van der Waals surface area contributed by atoms with E-state index in [0.29, 0.717) is 18.5 Å². The van der Waals surface area contributed by atoms with E-state index >= 15 is 0 Å². The minimum Gasteiger partial charge on any atom is -0.383 e. The molecule has 28 heavy (non-hydrogen) atoms. The highest BCUT2D eigenvalue weighted by molar-refractivity contribution is 6.20. The van der Waals surface area contributed by atoms with Gasteiger partial charge in [0.15, 0.2) is 5.78 Å². The van der Waals surface area contributed by atoms with Gasteiger partial charge in [0.05, 0.1) is 17.3 Å². The molecule has 8 nitrogen and oxygen atoms in total. The zero-order valence-electron chi connectivity index (χ0n) is 17.7. The molecule has 0 aromatic carbocycles. The number of piperidine rings is 1. The minimum absolute atomic E-state index is 0.0504. The number of hydrogen-bond donors (Lipinski definition) is 1. The average Bonchev–Trinajstić information content (AvgIpc) is 3.08. The number of nitrogens with one attached hydrogen (secondary N) is 1. The first-order valence-electron chi connectivity index (χ1n) is 9.69. The van der Waals surface area contributed by atoms with Crippen LogP contribution >= 0.6 is 0 Å². The van der Waals surface area contributed by atoms with E-state index in [0.717, 1.165) is 24.2 Å². The average molecular weight is 390 g/mol. The van der Waals surface area contributed by atoms with E-state index in [-0.39, 0.29) is 29.7 Å². The quantitative estimate of drug-likeness (QED) is 0.624. The van der Waals surface area contributed by atoms with Crippen molar-refractivity contribution in [1.82, 2.24) is 24.9 Å². The fourth-order valence-electron chi connectivity index (χ4n) is 3.28. The maximum Gasteiger partial charge on any atom is 0.259 e. The standard InChI is InChI=1S/C11H18N2O2.C9H13N3O/c1-8(2)13-6-5-10(14)9(11(13)15)7-12(3)4;1-6(2)12-4-3-8-7(9(12)13)5-10-11-8/h7-8H,5-6H2,1-4H3;5-6H,3-4H2,1-2H3,(H,10,11). The van der Waals surface area contributed by atoms with E-state index in [4.69, 9.17) is 0 Å². The van der Waals surface area contributed by atoms with E-state index in [1.165, 1.54) is 0 Å². The molecule has 0 radical (unpaired) electrons. The fraction of sp³-hybridized carbons (Fsp3) is 0.600. The number of aromatic nitrogens is 2. The second kappa shape index (κ2) is 9.03. The van der Waals surface area contributed by atoms with E-state index in [1.807, 2.05) is 46.7 Å². The number of carbonyl (C=O) groups excluding carboxylic acids is 3. The van der Waals surface area contributed by atoms with Crippen molar-refractivity contribution in [2.75, 3.05) is 27.2 Å². The summed E-state index contributed by atoms with van der Waals surface area (Å²) in [6.45, 7) is 9.32. The number of likely N-dealkylation sites (tertiary alicyclic amines) is 1. The molecule has 0 bridgehead atoms. The van der Waals surface area contributed by atoms with Gasteiger partial charge in [0.1, 0.15) is 0 Å². The number of fused-ring (bicyclic) bond motifs is 1. The molecule has 1 aromatic rings. The molecule has 3 heterocycles. The molecule has 2 amide bonds. The van der Waals surface area contributed by atoms with Crippen molar-refractivity contribution in [2.24, 2.45) is 0 Å². The second-order valence-corrected chi connectivity index (χ2v) is 7.88. The van der Waals surface area contributed by atoms with Gasteiger partial charge < -0.3 is 14.7 Å². The molecular formula is C20H31N5O3. The molecule has 1 fully saturated rings. The lowest BCUT2D eigenvalue weighted by Gasteiger charge is -2.31. The lowest BCUT2D eigenvalue weighted by Crippen LogP contribution is -2.45. The molecule has 0 saturated carbocycles. The van der Waals surface area contributed by atoms with Gasteiger partial charge in [-0.2, -0.15) is 5.10 Å².